The van der Waals surface area contributed by atoms with Crippen LogP contribution in [-0.4, -0.2) is 16.1 Å². The first-order valence-corrected chi connectivity index (χ1v) is 4.41. The van der Waals surface area contributed by atoms with E-state index in [4.69, 9.17) is 5.73 Å². The molecule has 2 aromatic rings. The number of carbonyl (C=O) groups is 1. The van der Waals surface area contributed by atoms with Crippen LogP contribution in [0.4, 0.5) is 0 Å². The first-order valence-electron chi connectivity index (χ1n) is 3.62. The van der Waals surface area contributed by atoms with Gasteiger partial charge in [0.1, 0.15) is 0 Å². The SMILES string of the molecule is NC(=O)c1n[nH]c2ccc(Br)cc12. The molecule has 3 N–H and O–H groups in total. The van der Waals surface area contributed by atoms with Crippen molar-refractivity contribution in [3.05, 3.63) is 28.4 Å². The number of fused-ring (bicyclic) bond motifs is 1. The lowest BCUT2D eigenvalue weighted by Crippen LogP contribution is -2.11. The number of hydrogen-bond acceptors (Lipinski definition) is 2. The van der Waals surface area contributed by atoms with Crippen LogP contribution in [0.2, 0.25) is 0 Å². The predicted molar refractivity (Wildman–Crippen MR) is 52.3 cm³/mol. The summed E-state index contributed by atoms with van der Waals surface area (Å²) >= 11 is 3.31. The molecule has 1 aromatic carbocycles. The normalized spacial score (nSPS) is 10.5. The zero-order valence-electron chi connectivity index (χ0n) is 6.54. The Balaban J connectivity index is 2.79. The van der Waals surface area contributed by atoms with E-state index in [0.717, 1.165) is 15.4 Å². The Morgan fingerprint density at radius 1 is 1.54 bits per heavy atom. The summed E-state index contributed by atoms with van der Waals surface area (Å²) in [6.07, 6.45) is 0. The van der Waals surface area contributed by atoms with Gasteiger partial charge >= 0.3 is 0 Å². The van der Waals surface area contributed by atoms with E-state index in [-0.39, 0.29) is 5.69 Å². The van der Waals surface area contributed by atoms with Gasteiger partial charge in [-0.2, -0.15) is 5.10 Å². The highest BCUT2D eigenvalue weighted by atomic mass is 79.9. The van der Waals surface area contributed by atoms with Crippen molar-refractivity contribution in [1.82, 2.24) is 10.2 Å². The van der Waals surface area contributed by atoms with Crippen molar-refractivity contribution in [2.45, 2.75) is 0 Å². The molecule has 0 spiro atoms. The van der Waals surface area contributed by atoms with Crippen molar-refractivity contribution in [1.29, 1.82) is 0 Å². The van der Waals surface area contributed by atoms with Gasteiger partial charge in [0.05, 0.1) is 5.52 Å². The summed E-state index contributed by atoms with van der Waals surface area (Å²) in [6.45, 7) is 0. The summed E-state index contributed by atoms with van der Waals surface area (Å²) in [4.78, 5) is 10.9. The molecule has 4 nitrogen and oxygen atoms in total. The molecule has 66 valence electrons. The molecule has 0 saturated heterocycles. The van der Waals surface area contributed by atoms with Gasteiger partial charge in [0.2, 0.25) is 0 Å². The van der Waals surface area contributed by atoms with Gasteiger partial charge in [0.15, 0.2) is 5.69 Å². The Bertz CT molecular complexity index is 477. The van der Waals surface area contributed by atoms with Gasteiger partial charge in [-0.05, 0) is 18.2 Å². The van der Waals surface area contributed by atoms with E-state index >= 15 is 0 Å². The number of aromatic nitrogens is 2. The molecule has 2 rings (SSSR count). The third-order valence-electron chi connectivity index (χ3n) is 1.76. The molecule has 0 aliphatic carbocycles. The molecule has 0 aliphatic heterocycles. The number of amides is 1. The van der Waals surface area contributed by atoms with Crippen molar-refractivity contribution in [2.75, 3.05) is 0 Å². The van der Waals surface area contributed by atoms with E-state index in [1.165, 1.54) is 0 Å². The third kappa shape index (κ3) is 1.31. The molecule has 5 heteroatoms. The van der Waals surface area contributed by atoms with Crippen molar-refractivity contribution in [3.63, 3.8) is 0 Å². The molecule has 0 bridgehead atoms. The van der Waals surface area contributed by atoms with Crippen LogP contribution in [0.3, 0.4) is 0 Å². The monoisotopic (exact) mass is 239 g/mol. The Kier molecular flexibility index (Phi) is 1.81. The number of rotatable bonds is 1. The molecule has 1 aromatic heterocycles. The molecule has 13 heavy (non-hydrogen) atoms. The number of hydrogen-bond donors (Lipinski definition) is 2. The van der Waals surface area contributed by atoms with Crippen LogP contribution in [0.5, 0.6) is 0 Å². The molecule has 0 fully saturated rings. The molecule has 1 amide bonds. The number of primary amides is 1. The summed E-state index contributed by atoms with van der Waals surface area (Å²) in [5.74, 6) is -0.524. The zero-order chi connectivity index (χ0) is 9.42. The van der Waals surface area contributed by atoms with E-state index in [2.05, 4.69) is 26.1 Å². The van der Waals surface area contributed by atoms with E-state index in [9.17, 15) is 4.79 Å². The number of benzene rings is 1. The van der Waals surface area contributed by atoms with Crippen LogP contribution < -0.4 is 5.73 Å². The maximum absolute atomic E-state index is 10.9. The smallest absolute Gasteiger partial charge is 0.269 e. The Morgan fingerprint density at radius 2 is 2.31 bits per heavy atom. The first kappa shape index (κ1) is 8.25. The minimum atomic E-state index is -0.524. The van der Waals surface area contributed by atoms with Crippen LogP contribution in [0, 0.1) is 0 Å². The van der Waals surface area contributed by atoms with Crippen molar-refractivity contribution < 1.29 is 4.79 Å². The number of nitrogens with one attached hydrogen (secondary N) is 1. The highest BCUT2D eigenvalue weighted by molar-refractivity contribution is 9.10. The largest absolute Gasteiger partial charge is 0.364 e. The Labute approximate surface area is 82.2 Å². The number of nitrogens with zero attached hydrogens (tertiary/aromatic N) is 1. The maximum atomic E-state index is 10.9. The molecule has 0 atom stereocenters. The van der Waals surface area contributed by atoms with Gasteiger partial charge in [-0.15, -0.1) is 0 Å². The standard InChI is InChI=1S/C8H6BrN3O/c9-4-1-2-6-5(3-4)7(8(10)13)12-11-6/h1-3H,(H2,10,13)(H,11,12). The summed E-state index contributed by atoms with van der Waals surface area (Å²) in [5.41, 5.74) is 6.21. The van der Waals surface area contributed by atoms with Gasteiger partial charge in [-0.25, -0.2) is 0 Å². The number of halogens is 1. The fraction of sp³-hybridized carbons (Fsp3) is 0. The average molecular weight is 240 g/mol. The predicted octanol–water partition coefficient (Wildman–Crippen LogP) is 1.42. The number of aromatic amines is 1. The molecule has 0 radical (unpaired) electrons. The fourth-order valence-corrected chi connectivity index (χ4v) is 1.54. The Hall–Kier alpha value is -1.36. The molecule has 0 unspecified atom stereocenters. The van der Waals surface area contributed by atoms with Crippen LogP contribution >= 0.6 is 15.9 Å². The maximum Gasteiger partial charge on any atom is 0.269 e. The molecule has 0 aliphatic rings. The second-order valence-electron chi connectivity index (χ2n) is 2.63. The highest BCUT2D eigenvalue weighted by Gasteiger charge is 2.10. The lowest BCUT2D eigenvalue weighted by molar-refractivity contribution is 0.0997. The quantitative estimate of drug-likeness (QED) is 0.791. The lowest BCUT2D eigenvalue weighted by atomic mass is 10.2. The van der Waals surface area contributed by atoms with Crippen LogP contribution in [0.15, 0.2) is 22.7 Å². The average Bonchev–Trinajstić information content (AvgIpc) is 2.46. The van der Waals surface area contributed by atoms with Crippen LogP contribution in [0.1, 0.15) is 10.5 Å². The van der Waals surface area contributed by atoms with E-state index in [1.54, 1.807) is 6.07 Å². The summed E-state index contributed by atoms with van der Waals surface area (Å²) in [7, 11) is 0. The van der Waals surface area contributed by atoms with Gasteiger partial charge < -0.3 is 5.73 Å². The third-order valence-corrected chi connectivity index (χ3v) is 2.25. The van der Waals surface area contributed by atoms with E-state index < -0.39 is 5.91 Å². The van der Waals surface area contributed by atoms with Gasteiger partial charge in [-0.1, -0.05) is 15.9 Å². The first-order chi connectivity index (χ1) is 6.18. The van der Waals surface area contributed by atoms with Crippen molar-refractivity contribution in [3.8, 4) is 0 Å². The molecule has 1 heterocycles. The van der Waals surface area contributed by atoms with Crippen molar-refractivity contribution >= 4 is 32.7 Å². The summed E-state index contributed by atoms with van der Waals surface area (Å²) in [6, 6.07) is 5.50. The summed E-state index contributed by atoms with van der Waals surface area (Å²) in [5, 5.41) is 7.28. The fourth-order valence-electron chi connectivity index (χ4n) is 1.17. The zero-order valence-corrected chi connectivity index (χ0v) is 8.13. The molecular formula is C8H6BrN3O. The van der Waals surface area contributed by atoms with Gasteiger partial charge in [-0.3, -0.25) is 9.89 Å². The minimum Gasteiger partial charge on any atom is -0.364 e. The number of carbonyl (C=O) groups excluding carboxylic acids is 1. The Morgan fingerprint density at radius 3 is 3.00 bits per heavy atom. The minimum absolute atomic E-state index is 0.274. The van der Waals surface area contributed by atoms with Gasteiger partial charge in [0.25, 0.3) is 5.91 Å². The molecule has 0 saturated carbocycles. The lowest BCUT2D eigenvalue weighted by Gasteiger charge is -1.91. The van der Waals surface area contributed by atoms with Crippen LogP contribution in [0.25, 0.3) is 10.9 Å². The van der Waals surface area contributed by atoms with E-state index in [1.807, 2.05) is 12.1 Å². The molecular weight excluding hydrogens is 234 g/mol. The highest BCUT2D eigenvalue weighted by Crippen LogP contribution is 2.20. The second-order valence-corrected chi connectivity index (χ2v) is 3.54. The number of nitrogens with two attached hydrogens (primary N) is 1. The summed E-state index contributed by atoms with van der Waals surface area (Å²) < 4.78 is 0.893. The van der Waals surface area contributed by atoms with Crippen molar-refractivity contribution in [2.24, 2.45) is 5.73 Å². The van der Waals surface area contributed by atoms with Crippen LogP contribution in [-0.2, 0) is 0 Å². The topological polar surface area (TPSA) is 71.8 Å². The van der Waals surface area contributed by atoms with E-state index in [0.29, 0.717) is 0 Å². The van der Waals surface area contributed by atoms with Gasteiger partial charge in [0, 0.05) is 9.86 Å². The number of H-pyrrole nitrogens is 1. The second kappa shape index (κ2) is 2.85.